The summed E-state index contributed by atoms with van der Waals surface area (Å²) in [6.45, 7) is 2.11. The molecule has 0 saturated carbocycles. The third-order valence-corrected chi connectivity index (χ3v) is 7.22. The van der Waals surface area contributed by atoms with Gasteiger partial charge in [0.25, 0.3) is 0 Å². The summed E-state index contributed by atoms with van der Waals surface area (Å²) in [4.78, 5) is 13.7. The zero-order valence-corrected chi connectivity index (χ0v) is 21.2. The Morgan fingerprint density at radius 2 is 1.64 bits per heavy atom. The number of aryl methyl sites for hydroxylation is 1. The normalized spacial score (nSPS) is 14.9. The summed E-state index contributed by atoms with van der Waals surface area (Å²) in [6, 6.07) is 25.9. The Balaban J connectivity index is 1.74. The van der Waals surface area contributed by atoms with Gasteiger partial charge >= 0.3 is 0 Å². The van der Waals surface area contributed by atoms with Crippen LogP contribution in [0.4, 0.5) is 0 Å². The van der Waals surface area contributed by atoms with Gasteiger partial charge in [0.1, 0.15) is 11.5 Å². The van der Waals surface area contributed by atoms with E-state index in [-0.39, 0.29) is 11.7 Å². The predicted molar refractivity (Wildman–Crippen MR) is 144 cm³/mol. The first-order chi connectivity index (χ1) is 17.6. The minimum Gasteiger partial charge on any atom is -0.493 e. The molecule has 36 heavy (non-hydrogen) atoms. The quantitative estimate of drug-likeness (QED) is 0.198. The van der Waals surface area contributed by atoms with Crippen molar-refractivity contribution in [3.05, 3.63) is 129 Å². The van der Waals surface area contributed by atoms with Crippen LogP contribution in [-0.4, -0.2) is 20.0 Å². The average molecular weight is 495 g/mol. The zero-order chi connectivity index (χ0) is 25.1. The van der Waals surface area contributed by atoms with Crippen LogP contribution >= 0.6 is 11.3 Å². The summed E-state index contributed by atoms with van der Waals surface area (Å²) in [7, 11) is 3.23. The summed E-state index contributed by atoms with van der Waals surface area (Å²) >= 11 is 1.43. The highest BCUT2D eigenvalue weighted by Crippen LogP contribution is 2.47. The van der Waals surface area contributed by atoms with Crippen LogP contribution in [0.2, 0.25) is 0 Å². The molecule has 2 heterocycles. The Morgan fingerprint density at radius 3 is 2.36 bits per heavy atom. The molecule has 0 spiro atoms. The summed E-state index contributed by atoms with van der Waals surface area (Å²) in [5.41, 5.74) is 5.12. The van der Waals surface area contributed by atoms with E-state index >= 15 is 0 Å². The maximum Gasteiger partial charge on any atom is 0.195 e. The van der Waals surface area contributed by atoms with Gasteiger partial charge < -0.3 is 14.2 Å². The standard InChI is InChI=1S/C31H26O4S/c1-20-9-4-5-10-22(20)30-23-11-6-7-12-26(23)35-31(21-14-17-27(33-2)28(19-21)34-3)24(30)15-16-25(32)29-13-8-18-36-29/h4-19,30H,1-3H3/b16-15-/t30-/m0/s1. The number of carbonyl (C=O) groups is 1. The summed E-state index contributed by atoms with van der Waals surface area (Å²) in [5.74, 6) is 2.56. The average Bonchev–Trinajstić information content (AvgIpc) is 3.46. The Kier molecular flexibility index (Phi) is 6.74. The van der Waals surface area contributed by atoms with Crippen LogP contribution in [0.5, 0.6) is 17.2 Å². The maximum atomic E-state index is 13.0. The number of ether oxygens (including phenoxy) is 3. The van der Waals surface area contributed by atoms with E-state index in [0.29, 0.717) is 22.1 Å². The third-order valence-electron chi connectivity index (χ3n) is 6.34. The van der Waals surface area contributed by atoms with E-state index < -0.39 is 0 Å². The molecule has 0 bridgehead atoms. The molecular weight excluding hydrogens is 468 g/mol. The molecule has 0 unspecified atom stereocenters. The van der Waals surface area contributed by atoms with Crippen LogP contribution in [0.25, 0.3) is 5.76 Å². The van der Waals surface area contributed by atoms with Gasteiger partial charge in [0, 0.05) is 22.6 Å². The molecule has 0 amide bonds. The lowest BCUT2D eigenvalue weighted by Gasteiger charge is -2.31. The molecule has 180 valence electrons. The monoisotopic (exact) mass is 494 g/mol. The number of thiophene rings is 1. The van der Waals surface area contributed by atoms with Gasteiger partial charge in [-0.1, -0.05) is 54.6 Å². The Hall–Kier alpha value is -4.09. The minimum atomic E-state index is -0.119. The van der Waals surface area contributed by atoms with Gasteiger partial charge in [0.05, 0.1) is 19.1 Å². The highest BCUT2D eigenvalue weighted by atomic mass is 32.1. The molecule has 1 atom stereocenters. The van der Waals surface area contributed by atoms with Crippen molar-refractivity contribution in [2.45, 2.75) is 12.8 Å². The molecule has 0 saturated heterocycles. The number of allylic oxidation sites excluding steroid dienone is 3. The SMILES string of the molecule is COc1ccc(C2=C(/C=C\C(=O)c3cccs3)[C@@H](c3ccccc3C)c3ccccc3O2)cc1OC. The van der Waals surface area contributed by atoms with Gasteiger partial charge in [-0.3, -0.25) is 4.79 Å². The number of methoxy groups -OCH3 is 2. The number of carbonyl (C=O) groups excluding carboxylic acids is 1. The van der Waals surface area contributed by atoms with Gasteiger partial charge in [0.2, 0.25) is 0 Å². The van der Waals surface area contributed by atoms with Gasteiger partial charge in [-0.2, -0.15) is 0 Å². The van der Waals surface area contributed by atoms with E-state index in [1.165, 1.54) is 16.9 Å². The van der Waals surface area contributed by atoms with Crippen molar-refractivity contribution in [1.29, 1.82) is 0 Å². The van der Waals surface area contributed by atoms with Crippen LogP contribution < -0.4 is 14.2 Å². The van der Waals surface area contributed by atoms with E-state index in [0.717, 1.165) is 28.0 Å². The molecule has 5 heteroatoms. The molecule has 5 rings (SSSR count). The summed E-state index contributed by atoms with van der Waals surface area (Å²) in [5, 5.41) is 1.91. The topological polar surface area (TPSA) is 44.8 Å². The molecular formula is C31H26O4S. The number of para-hydroxylation sites is 1. The minimum absolute atomic E-state index is 0.0356. The first kappa shape index (κ1) is 23.6. The summed E-state index contributed by atoms with van der Waals surface area (Å²) in [6.07, 6.45) is 3.55. The first-order valence-electron chi connectivity index (χ1n) is 11.7. The van der Waals surface area contributed by atoms with Gasteiger partial charge in [-0.05, 0) is 59.8 Å². The van der Waals surface area contributed by atoms with E-state index in [1.807, 2.05) is 66.1 Å². The van der Waals surface area contributed by atoms with Crippen molar-refractivity contribution in [3.63, 3.8) is 0 Å². The fourth-order valence-corrected chi connectivity index (χ4v) is 5.21. The molecule has 4 aromatic rings. The van der Waals surface area contributed by atoms with Crippen molar-refractivity contribution in [2.24, 2.45) is 0 Å². The Morgan fingerprint density at radius 1 is 0.889 bits per heavy atom. The molecule has 1 aliphatic heterocycles. The van der Waals surface area contributed by atoms with Crippen LogP contribution in [-0.2, 0) is 0 Å². The second-order valence-corrected chi connectivity index (χ2v) is 9.41. The van der Waals surface area contributed by atoms with Crippen molar-refractivity contribution in [3.8, 4) is 17.2 Å². The lowest BCUT2D eigenvalue weighted by atomic mass is 9.79. The number of ketones is 1. The maximum absolute atomic E-state index is 13.0. The lowest BCUT2D eigenvalue weighted by molar-refractivity contribution is 0.105. The number of hydrogen-bond donors (Lipinski definition) is 0. The fourth-order valence-electron chi connectivity index (χ4n) is 4.57. The molecule has 0 fully saturated rings. The van der Waals surface area contributed by atoms with E-state index in [1.54, 1.807) is 20.3 Å². The molecule has 1 aliphatic rings. The van der Waals surface area contributed by atoms with Crippen molar-refractivity contribution >= 4 is 22.9 Å². The van der Waals surface area contributed by atoms with Crippen LogP contribution in [0.15, 0.2) is 102 Å². The molecule has 0 radical (unpaired) electrons. The van der Waals surface area contributed by atoms with E-state index in [9.17, 15) is 4.79 Å². The first-order valence-corrected chi connectivity index (χ1v) is 12.5. The van der Waals surface area contributed by atoms with Gasteiger partial charge in [-0.15, -0.1) is 11.3 Å². The van der Waals surface area contributed by atoms with Crippen molar-refractivity contribution in [2.75, 3.05) is 14.2 Å². The Labute approximate surface area is 215 Å². The zero-order valence-electron chi connectivity index (χ0n) is 20.4. The Bertz CT molecular complexity index is 1460. The number of hydrogen-bond acceptors (Lipinski definition) is 5. The number of benzene rings is 3. The van der Waals surface area contributed by atoms with E-state index in [2.05, 4.69) is 31.2 Å². The van der Waals surface area contributed by atoms with Crippen LogP contribution in [0.1, 0.15) is 37.8 Å². The lowest BCUT2D eigenvalue weighted by Crippen LogP contribution is -2.16. The predicted octanol–water partition coefficient (Wildman–Crippen LogP) is 7.45. The second-order valence-electron chi connectivity index (χ2n) is 8.46. The van der Waals surface area contributed by atoms with Gasteiger partial charge in [0.15, 0.2) is 17.3 Å². The molecule has 0 N–H and O–H groups in total. The summed E-state index contributed by atoms with van der Waals surface area (Å²) < 4.78 is 17.6. The third kappa shape index (κ3) is 4.45. The largest absolute Gasteiger partial charge is 0.493 e. The second kappa shape index (κ2) is 10.3. The highest BCUT2D eigenvalue weighted by molar-refractivity contribution is 7.12. The van der Waals surface area contributed by atoms with Gasteiger partial charge in [-0.25, -0.2) is 0 Å². The number of fused-ring (bicyclic) bond motifs is 1. The smallest absolute Gasteiger partial charge is 0.195 e. The molecule has 1 aromatic heterocycles. The molecule has 3 aromatic carbocycles. The van der Waals surface area contributed by atoms with E-state index in [4.69, 9.17) is 14.2 Å². The number of rotatable bonds is 7. The highest BCUT2D eigenvalue weighted by Gasteiger charge is 2.31. The van der Waals surface area contributed by atoms with Crippen molar-refractivity contribution < 1.29 is 19.0 Å². The van der Waals surface area contributed by atoms with Crippen LogP contribution in [0.3, 0.4) is 0 Å². The molecule has 4 nitrogen and oxygen atoms in total. The van der Waals surface area contributed by atoms with Crippen molar-refractivity contribution in [1.82, 2.24) is 0 Å². The fraction of sp³-hybridized carbons (Fsp3) is 0.129. The van der Waals surface area contributed by atoms with Crippen LogP contribution in [0, 0.1) is 6.92 Å². The molecule has 0 aliphatic carbocycles.